The topological polar surface area (TPSA) is 74.9 Å². The molecule has 1 N–H and O–H groups in total. The lowest BCUT2D eigenvalue weighted by molar-refractivity contribution is -0.128. The number of methoxy groups -OCH3 is 2. The normalized spacial score (nSPS) is 20.5. The van der Waals surface area contributed by atoms with Crippen molar-refractivity contribution in [2.75, 3.05) is 20.8 Å². The van der Waals surface area contributed by atoms with Gasteiger partial charge in [0, 0.05) is 41.2 Å². The molecular formula is C23H23N3O4. The van der Waals surface area contributed by atoms with Crippen LogP contribution >= 0.6 is 0 Å². The number of aromatic amines is 1. The fourth-order valence-electron chi connectivity index (χ4n) is 4.79. The molecule has 154 valence electrons. The number of ether oxygens (including phenoxy) is 2. The predicted octanol–water partition coefficient (Wildman–Crippen LogP) is 3.48. The number of likely N-dealkylation sites (N-methyl/N-ethyl adjacent to an activating group) is 1. The number of aromatic nitrogens is 1. The molecule has 2 aliphatic heterocycles. The van der Waals surface area contributed by atoms with Gasteiger partial charge in [-0.2, -0.15) is 0 Å². The van der Waals surface area contributed by atoms with Gasteiger partial charge in [0.1, 0.15) is 23.6 Å². The lowest BCUT2D eigenvalue weighted by atomic mass is 9.88. The van der Waals surface area contributed by atoms with Crippen LogP contribution in [0.4, 0.5) is 4.79 Å². The zero-order valence-electron chi connectivity index (χ0n) is 17.1. The molecule has 7 heteroatoms. The number of para-hydroxylation sites is 1. The summed E-state index contributed by atoms with van der Waals surface area (Å²) in [6, 6.07) is 12.4. The quantitative estimate of drug-likeness (QED) is 0.675. The van der Waals surface area contributed by atoms with E-state index in [0.29, 0.717) is 24.5 Å². The minimum absolute atomic E-state index is 0.143. The van der Waals surface area contributed by atoms with Gasteiger partial charge in [-0.3, -0.25) is 14.6 Å². The highest BCUT2D eigenvalue weighted by Crippen LogP contribution is 2.46. The van der Waals surface area contributed by atoms with Crippen LogP contribution in [0.1, 0.15) is 29.8 Å². The molecular weight excluding hydrogens is 382 g/mol. The first-order valence-electron chi connectivity index (χ1n) is 10.0. The number of hydrogen-bond acceptors (Lipinski definition) is 4. The fourth-order valence-corrected chi connectivity index (χ4v) is 4.79. The Bertz CT molecular complexity index is 1170. The third-order valence-electron chi connectivity index (χ3n) is 6.19. The number of carbonyl (C=O) groups is 2. The van der Waals surface area contributed by atoms with Crippen LogP contribution in [-0.4, -0.2) is 53.5 Å². The summed E-state index contributed by atoms with van der Waals surface area (Å²) >= 11 is 0. The zero-order valence-corrected chi connectivity index (χ0v) is 17.1. The van der Waals surface area contributed by atoms with Gasteiger partial charge >= 0.3 is 6.03 Å². The summed E-state index contributed by atoms with van der Waals surface area (Å²) in [7, 11) is 3.20. The average molecular weight is 405 g/mol. The smallest absolute Gasteiger partial charge is 0.328 e. The fraction of sp³-hybridized carbons (Fsp3) is 0.304. The number of fused-ring (bicyclic) bond motifs is 4. The number of urea groups is 1. The standard InChI is InChI=1S/C23H23N3O4/c1-4-25-22(27)18-12-16-14-7-5-6-8-17(14)24-20(16)21(26(18)23(25)28)15-10-9-13(29-2)11-19(15)30-3/h5-11,18,21,24H,4,12H2,1-3H3/t18-,21+/m0/s1. The van der Waals surface area contributed by atoms with E-state index in [1.54, 1.807) is 25.2 Å². The van der Waals surface area contributed by atoms with Gasteiger partial charge < -0.3 is 14.5 Å². The molecule has 0 saturated carbocycles. The Morgan fingerprint density at radius 2 is 1.90 bits per heavy atom. The largest absolute Gasteiger partial charge is 0.497 e. The van der Waals surface area contributed by atoms with E-state index < -0.39 is 12.1 Å². The molecule has 3 heterocycles. The summed E-state index contributed by atoms with van der Waals surface area (Å²) in [5.74, 6) is 1.13. The number of rotatable bonds is 4. The maximum absolute atomic E-state index is 13.3. The van der Waals surface area contributed by atoms with Crippen LogP contribution in [-0.2, 0) is 11.2 Å². The lowest BCUT2D eigenvalue weighted by Crippen LogP contribution is -2.44. The summed E-state index contributed by atoms with van der Waals surface area (Å²) in [6.07, 6.45) is 0.495. The van der Waals surface area contributed by atoms with Gasteiger partial charge in [0.15, 0.2) is 0 Å². The van der Waals surface area contributed by atoms with E-state index in [9.17, 15) is 9.59 Å². The Morgan fingerprint density at radius 3 is 2.63 bits per heavy atom. The number of nitrogens with zero attached hydrogens (tertiary/aromatic N) is 2. The molecule has 0 unspecified atom stereocenters. The third-order valence-corrected chi connectivity index (χ3v) is 6.19. The first-order chi connectivity index (χ1) is 14.6. The highest BCUT2D eigenvalue weighted by molar-refractivity contribution is 6.05. The molecule has 0 spiro atoms. The van der Waals surface area contributed by atoms with Crippen LogP contribution in [0.3, 0.4) is 0 Å². The first-order valence-corrected chi connectivity index (χ1v) is 10.0. The molecule has 0 radical (unpaired) electrons. The Hall–Kier alpha value is -3.48. The number of benzene rings is 2. The van der Waals surface area contributed by atoms with Crippen molar-refractivity contribution in [3.8, 4) is 11.5 Å². The van der Waals surface area contributed by atoms with Crippen molar-refractivity contribution in [3.63, 3.8) is 0 Å². The molecule has 3 amide bonds. The number of amides is 3. The summed E-state index contributed by atoms with van der Waals surface area (Å²) in [4.78, 5) is 32.9. The van der Waals surface area contributed by atoms with Gasteiger partial charge in [-0.25, -0.2) is 4.79 Å². The van der Waals surface area contributed by atoms with E-state index in [1.165, 1.54) is 4.90 Å². The van der Waals surface area contributed by atoms with Crippen molar-refractivity contribution < 1.29 is 19.1 Å². The van der Waals surface area contributed by atoms with Crippen molar-refractivity contribution in [1.29, 1.82) is 0 Å². The number of carbonyl (C=O) groups excluding carboxylic acids is 2. The molecule has 7 nitrogen and oxygen atoms in total. The van der Waals surface area contributed by atoms with Crippen molar-refractivity contribution >= 4 is 22.8 Å². The Kier molecular flexibility index (Phi) is 4.20. The summed E-state index contributed by atoms with van der Waals surface area (Å²) in [5, 5.41) is 1.08. The van der Waals surface area contributed by atoms with Crippen molar-refractivity contribution in [3.05, 3.63) is 59.3 Å². The maximum atomic E-state index is 13.3. The second-order valence-corrected chi connectivity index (χ2v) is 7.57. The molecule has 3 aromatic rings. The van der Waals surface area contributed by atoms with Gasteiger partial charge in [0.25, 0.3) is 5.91 Å². The van der Waals surface area contributed by atoms with Gasteiger partial charge in [0.05, 0.1) is 14.2 Å². The minimum atomic E-state index is -0.527. The number of H-pyrrole nitrogens is 1. The Balaban J connectivity index is 1.77. The molecule has 0 bridgehead atoms. The zero-order chi connectivity index (χ0) is 21.0. The minimum Gasteiger partial charge on any atom is -0.497 e. The lowest BCUT2D eigenvalue weighted by Gasteiger charge is -2.36. The highest BCUT2D eigenvalue weighted by Gasteiger charge is 2.52. The van der Waals surface area contributed by atoms with E-state index in [1.807, 2.05) is 37.3 Å². The van der Waals surface area contributed by atoms with E-state index in [0.717, 1.165) is 27.7 Å². The van der Waals surface area contributed by atoms with Crippen LogP contribution in [0, 0.1) is 0 Å². The molecule has 2 aliphatic rings. The monoisotopic (exact) mass is 405 g/mol. The molecule has 1 saturated heterocycles. The average Bonchev–Trinajstić information content (AvgIpc) is 3.26. The van der Waals surface area contributed by atoms with Gasteiger partial charge in [-0.05, 0) is 30.7 Å². The SMILES string of the molecule is CCN1C(=O)[C@@H]2Cc3c([nH]c4ccccc34)[C@@H](c3ccc(OC)cc3OC)N2C1=O. The van der Waals surface area contributed by atoms with Crippen LogP contribution in [0.25, 0.3) is 10.9 Å². The van der Waals surface area contributed by atoms with Crippen molar-refractivity contribution in [2.24, 2.45) is 0 Å². The first kappa shape index (κ1) is 18.5. The third kappa shape index (κ3) is 2.44. The van der Waals surface area contributed by atoms with Gasteiger partial charge in [0.2, 0.25) is 0 Å². The van der Waals surface area contributed by atoms with Crippen LogP contribution in [0.5, 0.6) is 11.5 Å². The summed E-state index contributed by atoms with van der Waals surface area (Å²) in [6.45, 7) is 2.18. The predicted molar refractivity (Wildman–Crippen MR) is 112 cm³/mol. The van der Waals surface area contributed by atoms with E-state index in [-0.39, 0.29) is 11.9 Å². The second kappa shape index (κ2) is 6.79. The molecule has 2 aromatic carbocycles. The number of nitrogens with one attached hydrogen (secondary N) is 1. The van der Waals surface area contributed by atoms with Gasteiger partial charge in [-0.1, -0.05) is 18.2 Å². The Morgan fingerprint density at radius 1 is 1.10 bits per heavy atom. The summed E-state index contributed by atoms with van der Waals surface area (Å²) in [5.41, 5.74) is 3.81. The molecule has 2 atom stereocenters. The van der Waals surface area contributed by atoms with E-state index >= 15 is 0 Å². The van der Waals surface area contributed by atoms with Crippen LogP contribution in [0.2, 0.25) is 0 Å². The summed E-state index contributed by atoms with van der Waals surface area (Å²) < 4.78 is 11.0. The molecule has 0 aliphatic carbocycles. The number of imide groups is 1. The Labute approximate surface area is 174 Å². The van der Waals surface area contributed by atoms with Gasteiger partial charge in [-0.15, -0.1) is 0 Å². The molecule has 5 rings (SSSR count). The highest BCUT2D eigenvalue weighted by atomic mass is 16.5. The van der Waals surface area contributed by atoms with Crippen LogP contribution < -0.4 is 9.47 Å². The van der Waals surface area contributed by atoms with Crippen LogP contribution in [0.15, 0.2) is 42.5 Å². The molecule has 30 heavy (non-hydrogen) atoms. The maximum Gasteiger partial charge on any atom is 0.328 e. The van der Waals surface area contributed by atoms with E-state index in [2.05, 4.69) is 11.1 Å². The number of hydrogen-bond donors (Lipinski definition) is 1. The van der Waals surface area contributed by atoms with Crippen molar-refractivity contribution in [1.82, 2.24) is 14.8 Å². The molecule has 1 fully saturated rings. The van der Waals surface area contributed by atoms with E-state index in [4.69, 9.17) is 9.47 Å². The van der Waals surface area contributed by atoms with Crippen molar-refractivity contribution in [2.45, 2.75) is 25.4 Å². The molecule has 1 aromatic heterocycles. The second-order valence-electron chi connectivity index (χ2n) is 7.57.